The lowest BCUT2D eigenvalue weighted by atomic mass is 10.0. The molecule has 0 radical (unpaired) electrons. The molecule has 0 aromatic heterocycles. The first-order chi connectivity index (χ1) is 9.11. The van der Waals surface area contributed by atoms with E-state index in [1.54, 1.807) is 0 Å². The molecule has 0 amide bonds. The van der Waals surface area contributed by atoms with E-state index in [1.165, 1.54) is 22.3 Å². The normalized spacial score (nSPS) is 10.5. The summed E-state index contributed by atoms with van der Waals surface area (Å²) in [6.07, 6.45) is 0. The van der Waals surface area contributed by atoms with Gasteiger partial charge in [0, 0.05) is 12.1 Å². The molecule has 0 saturated carbocycles. The number of rotatable bonds is 4. The monoisotopic (exact) mass is 255 g/mol. The Morgan fingerprint density at radius 2 is 1.68 bits per heavy atom. The second-order valence-corrected chi connectivity index (χ2v) is 4.97. The van der Waals surface area contributed by atoms with Crippen molar-refractivity contribution in [2.45, 2.75) is 33.9 Å². The van der Waals surface area contributed by atoms with Gasteiger partial charge >= 0.3 is 0 Å². The SMILES string of the molecule is Cc1ccc(OCc2c(C)cccc2C)c(CN)c1. The van der Waals surface area contributed by atoms with Crippen LogP contribution in [0.4, 0.5) is 0 Å². The Bertz CT molecular complexity index is 555. The second-order valence-electron chi connectivity index (χ2n) is 4.97. The van der Waals surface area contributed by atoms with E-state index in [0.717, 1.165) is 11.3 Å². The van der Waals surface area contributed by atoms with Crippen LogP contribution in [0.2, 0.25) is 0 Å². The first-order valence-electron chi connectivity index (χ1n) is 6.59. The summed E-state index contributed by atoms with van der Waals surface area (Å²) >= 11 is 0. The van der Waals surface area contributed by atoms with E-state index in [4.69, 9.17) is 10.5 Å². The number of aryl methyl sites for hydroxylation is 3. The van der Waals surface area contributed by atoms with Gasteiger partial charge in [0.05, 0.1) is 0 Å². The molecule has 0 saturated heterocycles. The summed E-state index contributed by atoms with van der Waals surface area (Å²) < 4.78 is 5.95. The predicted molar refractivity (Wildman–Crippen MR) is 79.3 cm³/mol. The number of hydrogen-bond acceptors (Lipinski definition) is 2. The molecule has 19 heavy (non-hydrogen) atoms. The van der Waals surface area contributed by atoms with Crippen LogP contribution in [-0.2, 0) is 13.2 Å². The maximum absolute atomic E-state index is 5.95. The van der Waals surface area contributed by atoms with Gasteiger partial charge in [-0.2, -0.15) is 0 Å². The fourth-order valence-electron chi connectivity index (χ4n) is 2.24. The van der Waals surface area contributed by atoms with Crippen LogP contribution in [0.5, 0.6) is 5.75 Å². The molecule has 2 aromatic carbocycles. The molecule has 0 heterocycles. The highest BCUT2D eigenvalue weighted by Crippen LogP contribution is 2.22. The molecule has 2 N–H and O–H groups in total. The van der Waals surface area contributed by atoms with E-state index in [2.05, 4.69) is 51.1 Å². The fourth-order valence-corrected chi connectivity index (χ4v) is 2.24. The van der Waals surface area contributed by atoms with Crippen molar-refractivity contribution < 1.29 is 4.74 Å². The molecule has 0 aliphatic heterocycles. The maximum atomic E-state index is 5.95. The summed E-state index contributed by atoms with van der Waals surface area (Å²) in [6, 6.07) is 12.4. The topological polar surface area (TPSA) is 35.2 Å². The highest BCUT2D eigenvalue weighted by molar-refractivity contribution is 5.38. The van der Waals surface area contributed by atoms with Gasteiger partial charge in [-0.3, -0.25) is 0 Å². The van der Waals surface area contributed by atoms with Gasteiger partial charge in [-0.05, 0) is 43.5 Å². The lowest BCUT2D eigenvalue weighted by Crippen LogP contribution is -2.05. The van der Waals surface area contributed by atoms with Crippen LogP contribution in [0.1, 0.15) is 27.8 Å². The Labute approximate surface area is 115 Å². The van der Waals surface area contributed by atoms with Gasteiger partial charge in [0.15, 0.2) is 0 Å². The summed E-state index contributed by atoms with van der Waals surface area (Å²) in [5, 5.41) is 0. The molecule has 0 spiro atoms. The van der Waals surface area contributed by atoms with Crippen LogP contribution in [0.15, 0.2) is 36.4 Å². The zero-order chi connectivity index (χ0) is 13.8. The highest BCUT2D eigenvalue weighted by Gasteiger charge is 2.06. The Morgan fingerprint density at radius 3 is 2.32 bits per heavy atom. The Kier molecular flexibility index (Phi) is 4.23. The maximum Gasteiger partial charge on any atom is 0.124 e. The minimum absolute atomic E-state index is 0.504. The van der Waals surface area contributed by atoms with Crippen molar-refractivity contribution in [3.63, 3.8) is 0 Å². The number of benzene rings is 2. The molecule has 2 rings (SSSR count). The van der Waals surface area contributed by atoms with E-state index in [-0.39, 0.29) is 0 Å². The summed E-state index contributed by atoms with van der Waals surface area (Å²) in [5.41, 5.74) is 11.8. The van der Waals surface area contributed by atoms with Gasteiger partial charge < -0.3 is 10.5 Å². The molecular weight excluding hydrogens is 234 g/mol. The fraction of sp³-hybridized carbons (Fsp3) is 0.294. The van der Waals surface area contributed by atoms with Crippen LogP contribution in [0.3, 0.4) is 0 Å². The first kappa shape index (κ1) is 13.6. The lowest BCUT2D eigenvalue weighted by Gasteiger charge is -2.14. The standard InChI is InChI=1S/C17H21NO/c1-12-7-8-17(15(9-12)10-18)19-11-16-13(2)5-4-6-14(16)3/h4-9H,10-11,18H2,1-3H3. The highest BCUT2D eigenvalue weighted by atomic mass is 16.5. The molecule has 0 unspecified atom stereocenters. The molecule has 0 aliphatic rings. The zero-order valence-corrected chi connectivity index (χ0v) is 11.9. The van der Waals surface area contributed by atoms with Gasteiger partial charge in [0.2, 0.25) is 0 Å². The van der Waals surface area contributed by atoms with E-state index >= 15 is 0 Å². The Morgan fingerprint density at radius 1 is 1.00 bits per heavy atom. The van der Waals surface area contributed by atoms with E-state index in [9.17, 15) is 0 Å². The molecule has 0 aliphatic carbocycles. The largest absolute Gasteiger partial charge is 0.489 e. The quantitative estimate of drug-likeness (QED) is 0.905. The van der Waals surface area contributed by atoms with Crippen molar-refractivity contribution in [1.82, 2.24) is 0 Å². The smallest absolute Gasteiger partial charge is 0.124 e. The molecule has 2 aromatic rings. The number of ether oxygens (including phenoxy) is 1. The van der Waals surface area contributed by atoms with Crippen molar-refractivity contribution in [1.29, 1.82) is 0 Å². The Balaban J connectivity index is 2.19. The molecule has 0 fully saturated rings. The third-order valence-corrected chi connectivity index (χ3v) is 3.45. The van der Waals surface area contributed by atoms with Crippen LogP contribution < -0.4 is 10.5 Å². The van der Waals surface area contributed by atoms with E-state index in [0.29, 0.717) is 13.2 Å². The van der Waals surface area contributed by atoms with E-state index < -0.39 is 0 Å². The summed E-state index contributed by atoms with van der Waals surface area (Å²) in [5.74, 6) is 0.885. The van der Waals surface area contributed by atoms with Crippen molar-refractivity contribution in [3.8, 4) is 5.75 Å². The third kappa shape index (κ3) is 3.15. The molecule has 2 nitrogen and oxygen atoms in total. The summed E-state index contributed by atoms with van der Waals surface area (Å²) in [6.45, 7) is 7.39. The average Bonchev–Trinajstić information content (AvgIpc) is 2.39. The molecule has 100 valence electrons. The molecule has 2 heteroatoms. The minimum atomic E-state index is 0.504. The summed E-state index contributed by atoms with van der Waals surface area (Å²) in [7, 11) is 0. The minimum Gasteiger partial charge on any atom is -0.489 e. The van der Waals surface area contributed by atoms with Gasteiger partial charge in [-0.15, -0.1) is 0 Å². The molecule has 0 bridgehead atoms. The van der Waals surface area contributed by atoms with Crippen LogP contribution in [-0.4, -0.2) is 0 Å². The summed E-state index contributed by atoms with van der Waals surface area (Å²) in [4.78, 5) is 0. The van der Waals surface area contributed by atoms with E-state index in [1.807, 2.05) is 6.07 Å². The van der Waals surface area contributed by atoms with Gasteiger partial charge in [0.1, 0.15) is 12.4 Å². The van der Waals surface area contributed by atoms with Crippen LogP contribution in [0.25, 0.3) is 0 Å². The van der Waals surface area contributed by atoms with Crippen molar-refractivity contribution in [3.05, 3.63) is 64.2 Å². The lowest BCUT2D eigenvalue weighted by molar-refractivity contribution is 0.301. The van der Waals surface area contributed by atoms with Crippen LogP contribution in [0, 0.1) is 20.8 Å². The zero-order valence-electron chi connectivity index (χ0n) is 11.9. The van der Waals surface area contributed by atoms with Gasteiger partial charge in [0.25, 0.3) is 0 Å². The van der Waals surface area contributed by atoms with Gasteiger partial charge in [-0.25, -0.2) is 0 Å². The van der Waals surface area contributed by atoms with Crippen molar-refractivity contribution in [2.75, 3.05) is 0 Å². The average molecular weight is 255 g/mol. The van der Waals surface area contributed by atoms with Crippen molar-refractivity contribution >= 4 is 0 Å². The van der Waals surface area contributed by atoms with Crippen molar-refractivity contribution in [2.24, 2.45) is 5.73 Å². The molecule has 0 atom stereocenters. The van der Waals surface area contributed by atoms with Gasteiger partial charge in [-0.1, -0.05) is 35.9 Å². The second kappa shape index (κ2) is 5.89. The third-order valence-electron chi connectivity index (χ3n) is 3.45. The Hall–Kier alpha value is -1.80. The molecular formula is C17H21NO. The first-order valence-corrected chi connectivity index (χ1v) is 6.59. The predicted octanol–water partition coefficient (Wildman–Crippen LogP) is 3.65. The van der Waals surface area contributed by atoms with Crippen LogP contribution >= 0.6 is 0 Å². The number of hydrogen-bond donors (Lipinski definition) is 1. The number of nitrogens with two attached hydrogens (primary N) is 1.